The van der Waals surface area contributed by atoms with Crippen molar-refractivity contribution < 1.29 is 4.79 Å². The van der Waals surface area contributed by atoms with Crippen LogP contribution in [0.15, 0.2) is 18.3 Å². The molecule has 0 unspecified atom stereocenters. The molecule has 2 nitrogen and oxygen atoms in total. The SMILES string of the molecule is Cl.O=C(Cl)c1ncccc1Cl. The van der Waals surface area contributed by atoms with E-state index in [0.717, 1.165) is 0 Å². The molecule has 0 aliphatic heterocycles. The predicted octanol–water partition coefficient (Wildman–Crippen LogP) is 2.54. The van der Waals surface area contributed by atoms with E-state index in [-0.39, 0.29) is 23.1 Å². The second-order valence-electron chi connectivity index (χ2n) is 1.61. The Labute approximate surface area is 79.9 Å². The van der Waals surface area contributed by atoms with Crippen molar-refractivity contribution >= 4 is 40.9 Å². The van der Waals surface area contributed by atoms with Gasteiger partial charge < -0.3 is 0 Å². The summed E-state index contributed by atoms with van der Waals surface area (Å²) >= 11 is 10.7. The van der Waals surface area contributed by atoms with Crippen molar-refractivity contribution in [3.63, 3.8) is 0 Å². The molecule has 1 aromatic rings. The summed E-state index contributed by atoms with van der Waals surface area (Å²) in [5, 5.41) is -0.354. The van der Waals surface area contributed by atoms with Crippen LogP contribution in [0.3, 0.4) is 0 Å². The molecule has 0 saturated carbocycles. The average molecular weight is 212 g/mol. The maximum Gasteiger partial charge on any atom is 0.272 e. The van der Waals surface area contributed by atoms with Gasteiger partial charge in [0.05, 0.1) is 5.02 Å². The predicted molar refractivity (Wildman–Crippen MR) is 46.7 cm³/mol. The number of carbonyl (C=O) groups is 1. The smallest absolute Gasteiger partial charge is 0.272 e. The van der Waals surface area contributed by atoms with Gasteiger partial charge in [-0.3, -0.25) is 9.78 Å². The fraction of sp³-hybridized carbons (Fsp3) is 0. The van der Waals surface area contributed by atoms with E-state index in [1.165, 1.54) is 6.20 Å². The lowest BCUT2D eigenvalue weighted by molar-refractivity contribution is 0.107. The molecule has 0 radical (unpaired) electrons. The zero-order valence-electron chi connectivity index (χ0n) is 5.25. The number of hydrogen-bond donors (Lipinski definition) is 0. The molecule has 60 valence electrons. The highest BCUT2D eigenvalue weighted by atomic mass is 35.5. The van der Waals surface area contributed by atoms with E-state index < -0.39 is 5.24 Å². The van der Waals surface area contributed by atoms with Crippen molar-refractivity contribution in [3.8, 4) is 0 Å². The Morgan fingerprint density at radius 3 is 2.55 bits per heavy atom. The standard InChI is InChI=1S/C6H3Cl2NO.ClH/c7-4-2-1-3-9-5(4)6(8)10;/h1-3H;1H. The molecule has 0 spiro atoms. The number of hydrogen-bond acceptors (Lipinski definition) is 2. The van der Waals surface area contributed by atoms with E-state index >= 15 is 0 Å². The summed E-state index contributed by atoms with van der Waals surface area (Å²) < 4.78 is 0. The molecular weight excluding hydrogens is 208 g/mol. The third kappa shape index (κ3) is 2.66. The number of aromatic nitrogens is 1. The van der Waals surface area contributed by atoms with Gasteiger partial charge in [0.25, 0.3) is 5.24 Å². The Bertz CT molecular complexity index is 264. The molecule has 0 N–H and O–H groups in total. The van der Waals surface area contributed by atoms with E-state index in [1.807, 2.05) is 0 Å². The first-order valence-corrected chi connectivity index (χ1v) is 3.28. The van der Waals surface area contributed by atoms with Crippen LogP contribution >= 0.6 is 35.6 Å². The Morgan fingerprint density at radius 1 is 1.55 bits per heavy atom. The molecule has 0 bridgehead atoms. The van der Waals surface area contributed by atoms with E-state index in [9.17, 15) is 4.79 Å². The molecule has 0 aliphatic carbocycles. The van der Waals surface area contributed by atoms with Gasteiger partial charge >= 0.3 is 0 Å². The number of carbonyl (C=O) groups excluding carboxylic acids is 1. The number of rotatable bonds is 1. The maximum atomic E-state index is 10.5. The largest absolute Gasteiger partial charge is 0.274 e. The van der Waals surface area contributed by atoms with Crippen LogP contribution in [0.25, 0.3) is 0 Å². The molecule has 11 heavy (non-hydrogen) atoms. The van der Waals surface area contributed by atoms with E-state index in [2.05, 4.69) is 4.98 Å². The first-order valence-electron chi connectivity index (χ1n) is 2.52. The molecule has 0 saturated heterocycles. The zero-order valence-corrected chi connectivity index (χ0v) is 7.58. The highest BCUT2D eigenvalue weighted by molar-refractivity contribution is 6.68. The summed E-state index contributed by atoms with van der Waals surface area (Å²) in [6, 6.07) is 3.19. The Balaban J connectivity index is 0.000001000. The van der Waals surface area contributed by atoms with Gasteiger partial charge in [-0.05, 0) is 23.7 Å². The molecule has 0 aromatic carbocycles. The first-order chi connectivity index (χ1) is 4.72. The van der Waals surface area contributed by atoms with Gasteiger partial charge in [0.2, 0.25) is 0 Å². The minimum Gasteiger partial charge on any atom is -0.274 e. The van der Waals surface area contributed by atoms with E-state index in [0.29, 0.717) is 0 Å². The van der Waals surface area contributed by atoms with Gasteiger partial charge in [-0.1, -0.05) is 11.6 Å². The van der Waals surface area contributed by atoms with Crippen molar-refractivity contribution in [1.82, 2.24) is 4.98 Å². The summed E-state index contributed by atoms with van der Waals surface area (Å²) in [6.45, 7) is 0. The minimum atomic E-state index is -0.634. The van der Waals surface area contributed by atoms with Crippen LogP contribution in [0.1, 0.15) is 10.5 Å². The summed E-state index contributed by atoms with van der Waals surface area (Å²) in [5.74, 6) is 0. The van der Waals surface area contributed by atoms with Gasteiger partial charge in [-0.2, -0.15) is 0 Å². The Hall–Kier alpha value is -0.310. The van der Waals surface area contributed by atoms with Crippen molar-refractivity contribution in [3.05, 3.63) is 29.0 Å². The van der Waals surface area contributed by atoms with Crippen LogP contribution in [0.4, 0.5) is 0 Å². The third-order valence-corrected chi connectivity index (χ3v) is 1.43. The van der Waals surface area contributed by atoms with Crippen LogP contribution in [0.5, 0.6) is 0 Å². The number of pyridine rings is 1. The lowest BCUT2D eigenvalue weighted by atomic mass is 10.4. The third-order valence-electron chi connectivity index (χ3n) is 0.945. The lowest BCUT2D eigenvalue weighted by Crippen LogP contribution is -1.93. The summed E-state index contributed by atoms with van der Waals surface area (Å²) in [5.41, 5.74) is 0.103. The molecule has 0 aliphatic rings. The Morgan fingerprint density at radius 2 is 2.18 bits per heavy atom. The lowest BCUT2D eigenvalue weighted by Gasteiger charge is -1.92. The van der Waals surface area contributed by atoms with Crippen molar-refractivity contribution in [2.24, 2.45) is 0 Å². The molecule has 0 fully saturated rings. The van der Waals surface area contributed by atoms with Gasteiger partial charge in [-0.15, -0.1) is 12.4 Å². The monoisotopic (exact) mass is 211 g/mol. The quantitative estimate of drug-likeness (QED) is 0.670. The van der Waals surface area contributed by atoms with Crippen LogP contribution in [-0.4, -0.2) is 10.2 Å². The molecule has 0 amide bonds. The normalized spacial score (nSPS) is 8.55. The fourth-order valence-corrected chi connectivity index (χ4v) is 0.937. The van der Waals surface area contributed by atoms with Crippen LogP contribution in [0.2, 0.25) is 5.02 Å². The number of halogens is 3. The van der Waals surface area contributed by atoms with E-state index in [1.54, 1.807) is 12.1 Å². The van der Waals surface area contributed by atoms with E-state index in [4.69, 9.17) is 23.2 Å². The summed E-state index contributed by atoms with van der Waals surface area (Å²) in [6.07, 6.45) is 1.46. The van der Waals surface area contributed by atoms with Crippen LogP contribution in [0, 0.1) is 0 Å². The van der Waals surface area contributed by atoms with Gasteiger partial charge in [-0.25, -0.2) is 0 Å². The summed E-state index contributed by atoms with van der Waals surface area (Å²) in [4.78, 5) is 14.1. The Kier molecular flexibility index (Phi) is 4.42. The number of nitrogens with zero attached hydrogens (tertiary/aromatic N) is 1. The zero-order chi connectivity index (χ0) is 7.56. The minimum absolute atomic E-state index is 0. The average Bonchev–Trinajstić information content (AvgIpc) is 1.88. The van der Waals surface area contributed by atoms with Crippen molar-refractivity contribution in [2.45, 2.75) is 0 Å². The second kappa shape index (κ2) is 4.54. The highest BCUT2D eigenvalue weighted by Gasteiger charge is 2.06. The van der Waals surface area contributed by atoms with Crippen molar-refractivity contribution in [2.75, 3.05) is 0 Å². The van der Waals surface area contributed by atoms with Gasteiger partial charge in [0, 0.05) is 6.20 Å². The molecule has 1 rings (SSSR count). The molecular formula is C6H4Cl3NO. The van der Waals surface area contributed by atoms with Gasteiger partial charge in [0.1, 0.15) is 5.69 Å². The molecule has 5 heteroatoms. The van der Waals surface area contributed by atoms with Crippen molar-refractivity contribution in [1.29, 1.82) is 0 Å². The molecule has 1 aromatic heterocycles. The topological polar surface area (TPSA) is 30.0 Å². The first kappa shape index (κ1) is 10.7. The van der Waals surface area contributed by atoms with Crippen LogP contribution in [-0.2, 0) is 0 Å². The maximum absolute atomic E-state index is 10.5. The summed E-state index contributed by atoms with van der Waals surface area (Å²) in [7, 11) is 0. The molecule has 1 heterocycles. The second-order valence-corrected chi connectivity index (χ2v) is 2.36. The highest BCUT2D eigenvalue weighted by Crippen LogP contribution is 2.13. The molecule has 0 atom stereocenters. The van der Waals surface area contributed by atoms with Gasteiger partial charge in [0.15, 0.2) is 0 Å². The van der Waals surface area contributed by atoms with Crippen LogP contribution < -0.4 is 0 Å². The fourth-order valence-electron chi connectivity index (χ4n) is 0.530.